The number of para-hydroxylation sites is 1. The summed E-state index contributed by atoms with van der Waals surface area (Å²) in [6, 6.07) is 15.1. The van der Waals surface area contributed by atoms with Crippen LogP contribution in [0.4, 0.5) is 11.4 Å². The predicted molar refractivity (Wildman–Crippen MR) is 96.1 cm³/mol. The van der Waals surface area contributed by atoms with Crippen LogP contribution in [-0.2, 0) is 4.79 Å². The van der Waals surface area contributed by atoms with E-state index >= 15 is 0 Å². The van der Waals surface area contributed by atoms with Crippen LogP contribution in [0.3, 0.4) is 0 Å². The van der Waals surface area contributed by atoms with Gasteiger partial charge in [-0.05, 0) is 36.8 Å². The number of hydrazine groups is 1. The fourth-order valence-electron chi connectivity index (χ4n) is 2.13. The second-order valence-electron chi connectivity index (χ2n) is 5.10. The zero-order valence-corrected chi connectivity index (χ0v) is 14.1. The SMILES string of the molecule is C=C1NN(c2ccccc2)C(=O)/C1=N/Nc1ccc(C)c(Br)c1. The van der Waals surface area contributed by atoms with E-state index in [-0.39, 0.29) is 11.6 Å². The highest BCUT2D eigenvalue weighted by molar-refractivity contribution is 9.10. The lowest BCUT2D eigenvalue weighted by Gasteiger charge is -2.14. The van der Waals surface area contributed by atoms with Crippen molar-refractivity contribution in [2.45, 2.75) is 6.92 Å². The lowest BCUT2D eigenvalue weighted by molar-refractivity contribution is -0.112. The fourth-order valence-corrected chi connectivity index (χ4v) is 2.51. The first kappa shape index (κ1) is 15.3. The number of anilines is 2. The maximum atomic E-state index is 12.5. The predicted octanol–water partition coefficient (Wildman–Crippen LogP) is 3.59. The molecule has 0 saturated carbocycles. The third-order valence-electron chi connectivity index (χ3n) is 3.42. The molecule has 1 heterocycles. The third kappa shape index (κ3) is 3.12. The molecule has 0 unspecified atom stereocenters. The molecule has 6 heteroatoms. The summed E-state index contributed by atoms with van der Waals surface area (Å²) in [5.74, 6) is -0.250. The largest absolute Gasteiger partial charge is 0.299 e. The maximum absolute atomic E-state index is 12.5. The number of amides is 1. The van der Waals surface area contributed by atoms with Crippen molar-refractivity contribution in [2.75, 3.05) is 10.4 Å². The Labute approximate surface area is 142 Å². The van der Waals surface area contributed by atoms with Crippen LogP contribution in [0.5, 0.6) is 0 Å². The van der Waals surface area contributed by atoms with Gasteiger partial charge in [-0.15, -0.1) is 0 Å². The van der Waals surface area contributed by atoms with E-state index in [1.807, 2.05) is 55.5 Å². The minimum absolute atomic E-state index is 0.250. The van der Waals surface area contributed by atoms with Crippen LogP contribution in [0.25, 0.3) is 0 Å². The number of hydrazone groups is 1. The fraction of sp³-hybridized carbons (Fsp3) is 0.0588. The second kappa shape index (κ2) is 6.26. The molecule has 1 fully saturated rings. The van der Waals surface area contributed by atoms with Crippen molar-refractivity contribution in [3.05, 3.63) is 70.8 Å². The first-order chi connectivity index (χ1) is 11.1. The van der Waals surface area contributed by atoms with Gasteiger partial charge in [-0.25, -0.2) is 5.01 Å². The van der Waals surface area contributed by atoms with Gasteiger partial charge in [0.25, 0.3) is 5.91 Å². The number of hydrogen-bond acceptors (Lipinski definition) is 4. The third-order valence-corrected chi connectivity index (χ3v) is 4.28. The number of halogens is 1. The van der Waals surface area contributed by atoms with Crippen LogP contribution in [0.2, 0.25) is 0 Å². The summed E-state index contributed by atoms with van der Waals surface area (Å²) in [5, 5.41) is 5.62. The van der Waals surface area contributed by atoms with Crippen LogP contribution in [0, 0.1) is 6.92 Å². The summed E-state index contributed by atoms with van der Waals surface area (Å²) in [7, 11) is 0. The van der Waals surface area contributed by atoms with Gasteiger partial charge >= 0.3 is 0 Å². The smallest absolute Gasteiger partial charge is 0.289 e. The van der Waals surface area contributed by atoms with Crippen molar-refractivity contribution in [1.82, 2.24) is 5.43 Å². The molecule has 1 aliphatic rings. The normalized spacial score (nSPS) is 15.9. The van der Waals surface area contributed by atoms with E-state index in [1.54, 1.807) is 0 Å². The standard InChI is InChI=1S/C17H15BrN4O/c1-11-8-9-13(10-15(11)18)19-20-16-12(2)21-22(17(16)23)14-6-4-3-5-7-14/h3-10,19,21H,2H2,1H3/b20-16+. The highest BCUT2D eigenvalue weighted by Gasteiger charge is 2.32. The zero-order valence-electron chi connectivity index (χ0n) is 12.5. The average Bonchev–Trinajstić information content (AvgIpc) is 2.84. The maximum Gasteiger partial charge on any atom is 0.299 e. The topological polar surface area (TPSA) is 56.7 Å². The van der Waals surface area contributed by atoms with E-state index in [1.165, 1.54) is 5.01 Å². The van der Waals surface area contributed by atoms with Gasteiger partial charge in [-0.3, -0.25) is 15.6 Å². The van der Waals surface area contributed by atoms with Gasteiger partial charge in [0.05, 0.1) is 17.1 Å². The molecule has 0 radical (unpaired) electrons. The molecule has 0 aliphatic carbocycles. The quantitative estimate of drug-likeness (QED) is 0.811. The van der Waals surface area contributed by atoms with Gasteiger partial charge in [-0.2, -0.15) is 5.10 Å². The Kier molecular flexibility index (Phi) is 4.16. The monoisotopic (exact) mass is 370 g/mol. The first-order valence-corrected chi connectivity index (χ1v) is 7.81. The van der Waals surface area contributed by atoms with Gasteiger partial charge in [0, 0.05) is 4.47 Å². The van der Waals surface area contributed by atoms with E-state index in [4.69, 9.17) is 0 Å². The summed E-state index contributed by atoms with van der Waals surface area (Å²) in [6.07, 6.45) is 0. The average molecular weight is 371 g/mol. The molecule has 116 valence electrons. The highest BCUT2D eigenvalue weighted by Crippen LogP contribution is 2.22. The van der Waals surface area contributed by atoms with Crippen LogP contribution in [0.15, 0.2) is 70.4 Å². The Balaban J connectivity index is 1.81. The van der Waals surface area contributed by atoms with Crippen LogP contribution in [-0.4, -0.2) is 11.6 Å². The van der Waals surface area contributed by atoms with E-state index in [0.29, 0.717) is 5.70 Å². The van der Waals surface area contributed by atoms with Crippen molar-refractivity contribution in [2.24, 2.45) is 5.10 Å². The summed E-state index contributed by atoms with van der Waals surface area (Å²) in [5.41, 5.74) is 9.19. The molecule has 2 N–H and O–H groups in total. The molecular formula is C17H15BrN4O. The lowest BCUT2D eigenvalue weighted by Crippen LogP contribution is -2.34. The van der Waals surface area contributed by atoms with Gasteiger partial charge in [0.2, 0.25) is 0 Å². The summed E-state index contributed by atoms with van der Waals surface area (Å²) < 4.78 is 0.975. The lowest BCUT2D eigenvalue weighted by atomic mass is 10.2. The van der Waals surface area contributed by atoms with Crippen LogP contribution in [0.1, 0.15) is 5.56 Å². The summed E-state index contributed by atoms with van der Waals surface area (Å²) >= 11 is 3.47. The summed E-state index contributed by atoms with van der Waals surface area (Å²) in [4.78, 5) is 12.5. The van der Waals surface area contributed by atoms with Crippen molar-refractivity contribution in [3.8, 4) is 0 Å². The Morgan fingerprint density at radius 1 is 1.22 bits per heavy atom. The van der Waals surface area contributed by atoms with Crippen molar-refractivity contribution in [3.63, 3.8) is 0 Å². The van der Waals surface area contributed by atoms with E-state index < -0.39 is 0 Å². The molecule has 0 atom stereocenters. The number of carbonyl (C=O) groups excluding carboxylic acids is 1. The number of aryl methyl sites for hydroxylation is 1. The number of carbonyl (C=O) groups is 1. The molecule has 2 aromatic carbocycles. The minimum Gasteiger partial charge on any atom is -0.289 e. The van der Waals surface area contributed by atoms with E-state index in [9.17, 15) is 4.79 Å². The molecule has 5 nitrogen and oxygen atoms in total. The Morgan fingerprint density at radius 3 is 2.65 bits per heavy atom. The molecule has 2 aromatic rings. The molecule has 3 rings (SSSR count). The number of benzene rings is 2. The number of rotatable bonds is 3. The Hall–Kier alpha value is -2.60. The van der Waals surface area contributed by atoms with Gasteiger partial charge in [0.15, 0.2) is 5.71 Å². The molecule has 0 spiro atoms. The van der Waals surface area contributed by atoms with Crippen LogP contribution < -0.4 is 15.9 Å². The molecule has 0 aromatic heterocycles. The van der Waals surface area contributed by atoms with Crippen molar-refractivity contribution >= 4 is 38.9 Å². The number of nitrogens with one attached hydrogen (secondary N) is 2. The molecule has 1 saturated heterocycles. The number of hydrogen-bond donors (Lipinski definition) is 2. The van der Waals surface area contributed by atoms with Gasteiger partial charge < -0.3 is 0 Å². The van der Waals surface area contributed by atoms with Crippen molar-refractivity contribution < 1.29 is 4.79 Å². The number of nitrogens with zero attached hydrogens (tertiary/aromatic N) is 2. The minimum atomic E-state index is -0.250. The van der Waals surface area contributed by atoms with E-state index in [0.717, 1.165) is 21.4 Å². The highest BCUT2D eigenvalue weighted by atomic mass is 79.9. The van der Waals surface area contributed by atoms with Gasteiger partial charge in [0.1, 0.15) is 0 Å². The van der Waals surface area contributed by atoms with E-state index in [2.05, 4.69) is 38.5 Å². The Bertz CT molecular complexity index is 801. The summed E-state index contributed by atoms with van der Waals surface area (Å²) in [6.45, 7) is 5.86. The molecule has 1 amide bonds. The Morgan fingerprint density at radius 2 is 1.96 bits per heavy atom. The molecular weight excluding hydrogens is 356 g/mol. The molecule has 1 aliphatic heterocycles. The zero-order chi connectivity index (χ0) is 16.4. The van der Waals surface area contributed by atoms with Gasteiger partial charge in [-0.1, -0.05) is 46.8 Å². The first-order valence-electron chi connectivity index (χ1n) is 7.01. The molecule has 23 heavy (non-hydrogen) atoms. The van der Waals surface area contributed by atoms with Crippen LogP contribution >= 0.6 is 15.9 Å². The van der Waals surface area contributed by atoms with Crippen molar-refractivity contribution in [1.29, 1.82) is 0 Å². The second-order valence-corrected chi connectivity index (χ2v) is 5.96. The molecule has 0 bridgehead atoms.